The number of carbonyl (C=O) groups is 1. The van der Waals surface area contributed by atoms with Gasteiger partial charge in [-0.2, -0.15) is 0 Å². The van der Waals surface area contributed by atoms with Crippen LogP contribution in [0, 0.1) is 26.7 Å². The minimum absolute atomic E-state index is 0.296. The lowest BCUT2D eigenvalue weighted by Gasteiger charge is -2.08. The maximum atomic E-state index is 12.0. The third-order valence-electron chi connectivity index (χ3n) is 3.77. The van der Waals surface area contributed by atoms with E-state index in [1.807, 2.05) is 20.8 Å². The molecule has 98 valence electrons. The summed E-state index contributed by atoms with van der Waals surface area (Å²) in [5.74, 6) is 1.19. The molecule has 0 spiro atoms. The highest BCUT2D eigenvalue weighted by atomic mass is 32.2. The van der Waals surface area contributed by atoms with Gasteiger partial charge in [-0.15, -0.1) is 0 Å². The highest BCUT2D eigenvalue weighted by molar-refractivity contribution is 7.99. The minimum atomic E-state index is 0.296. The molecule has 18 heavy (non-hydrogen) atoms. The van der Waals surface area contributed by atoms with Gasteiger partial charge in [-0.25, -0.2) is 9.97 Å². The molecule has 0 N–H and O–H groups in total. The average Bonchev–Trinajstić information content (AvgIpc) is 2.86. The van der Waals surface area contributed by atoms with Crippen LogP contribution in [0.4, 0.5) is 0 Å². The van der Waals surface area contributed by atoms with Crippen molar-refractivity contribution < 1.29 is 4.79 Å². The van der Waals surface area contributed by atoms with Crippen LogP contribution >= 0.6 is 11.8 Å². The van der Waals surface area contributed by atoms with Crippen LogP contribution in [0.25, 0.3) is 0 Å². The van der Waals surface area contributed by atoms with E-state index in [-0.39, 0.29) is 0 Å². The van der Waals surface area contributed by atoms with E-state index < -0.39 is 0 Å². The van der Waals surface area contributed by atoms with Crippen LogP contribution in [0.5, 0.6) is 0 Å². The van der Waals surface area contributed by atoms with Gasteiger partial charge < -0.3 is 0 Å². The summed E-state index contributed by atoms with van der Waals surface area (Å²) in [4.78, 5) is 20.8. The Morgan fingerprint density at radius 1 is 1.17 bits per heavy atom. The fourth-order valence-corrected chi connectivity index (χ4v) is 3.22. The van der Waals surface area contributed by atoms with Crippen molar-refractivity contribution in [1.29, 1.82) is 0 Å². The Balaban J connectivity index is 1.95. The molecule has 1 aromatic rings. The van der Waals surface area contributed by atoms with Gasteiger partial charge in [0.25, 0.3) is 0 Å². The molecule has 0 bridgehead atoms. The number of aryl methyl sites for hydroxylation is 2. The Morgan fingerprint density at radius 2 is 1.72 bits per heavy atom. The fourth-order valence-electron chi connectivity index (χ4n) is 2.31. The molecule has 0 aromatic carbocycles. The normalized spacial score (nSPS) is 16.2. The molecule has 3 nitrogen and oxygen atoms in total. The van der Waals surface area contributed by atoms with Crippen LogP contribution in [0.3, 0.4) is 0 Å². The summed E-state index contributed by atoms with van der Waals surface area (Å²) >= 11 is 1.48. The van der Waals surface area contributed by atoms with Gasteiger partial charge in [0.05, 0.1) is 5.75 Å². The van der Waals surface area contributed by atoms with Gasteiger partial charge in [0, 0.05) is 17.3 Å². The van der Waals surface area contributed by atoms with E-state index in [4.69, 9.17) is 0 Å². The zero-order chi connectivity index (χ0) is 13.1. The molecule has 1 saturated carbocycles. The maximum absolute atomic E-state index is 12.0. The molecule has 0 amide bonds. The van der Waals surface area contributed by atoms with Crippen molar-refractivity contribution in [3.05, 3.63) is 17.0 Å². The molecule has 1 aliphatic carbocycles. The number of rotatable bonds is 4. The lowest BCUT2D eigenvalue weighted by atomic mass is 10.0. The van der Waals surface area contributed by atoms with Crippen molar-refractivity contribution in [1.82, 2.24) is 9.97 Å². The second-order valence-electron chi connectivity index (χ2n) is 5.04. The Bertz CT molecular complexity index is 430. The summed E-state index contributed by atoms with van der Waals surface area (Å²) in [6, 6.07) is 0. The number of Topliss-reactive ketones (excluding diaryl/α,β-unsaturated/α-hetero) is 1. The van der Waals surface area contributed by atoms with E-state index in [2.05, 4.69) is 9.97 Å². The summed E-state index contributed by atoms with van der Waals surface area (Å²) < 4.78 is 0. The van der Waals surface area contributed by atoms with E-state index in [0.717, 1.165) is 34.9 Å². The molecule has 1 aromatic heterocycles. The first-order valence-electron chi connectivity index (χ1n) is 6.55. The molecule has 2 rings (SSSR count). The first-order valence-corrected chi connectivity index (χ1v) is 7.54. The van der Waals surface area contributed by atoms with Crippen molar-refractivity contribution in [3.8, 4) is 0 Å². The number of aromatic nitrogens is 2. The molecule has 0 unspecified atom stereocenters. The third kappa shape index (κ3) is 3.10. The van der Waals surface area contributed by atoms with E-state index in [1.165, 1.54) is 24.6 Å². The Labute approximate surface area is 113 Å². The summed E-state index contributed by atoms with van der Waals surface area (Å²) in [5.41, 5.74) is 3.16. The monoisotopic (exact) mass is 264 g/mol. The Kier molecular flexibility index (Phi) is 4.38. The number of hydrogen-bond donors (Lipinski definition) is 0. The van der Waals surface area contributed by atoms with Crippen LogP contribution in [-0.2, 0) is 4.79 Å². The molecule has 0 atom stereocenters. The van der Waals surface area contributed by atoms with Gasteiger partial charge >= 0.3 is 0 Å². The molecule has 0 aliphatic heterocycles. The molecule has 0 saturated heterocycles. The smallest absolute Gasteiger partial charge is 0.188 e. The fraction of sp³-hybridized carbons (Fsp3) is 0.643. The van der Waals surface area contributed by atoms with Crippen molar-refractivity contribution in [2.45, 2.75) is 51.6 Å². The summed E-state index contributed by atoms with van der Waals surface area (Å²) in [6.45, 7) is 6.02. The van der Waals surface area contributed by atoms with E-state index in [1.54, 1.807) is 0 Å². The highest BCUT2D eigenvalue weighted by Crippen LogP contribution is 2.27. The standard InChI is InChI=1S/C14H20N2OS/c1-9-10(2)15-14(16-11(9)3)18-8-13(17)12-6-4-5-7-12/h12H,4-8H2,1-3H3. The summed E-state index contributed by atoms with van der Waals surface area (Å²) in [6.07, 6.45) is 4.57. The number of carbonyl (C=O) groups excluding carboxylic acids is 1. The third-order valence-corrected chi connectivity index (χ3v) is 4.64. The van der Waals surface area contributed by atoms with Crippen molar-refractivity contribution in [2.24, 2.45) is 5.92 Å². The minimum Gasteiger partial charge on any atom is -0.298 e. The van der Waals surface area contributed by atoms with Crippen LogP contribution < -0.4 is 0 Å². The highest BCUT2D eigenvalue weighted by Gasteiger charge is 2.22. The zero-order valence-corrected chi connectivity index (χ0v) is 12.1. The quantitative estimate of drug-likeness (QED) is 0.618. The molecule has 1 heterocycles. The van der Waals surface area contributed by atoms with Crippen molar-refractivity contribution in [3.63, 3.8) is 0 Å². The van der Waals surface area contributed by atoms with Gasteiger partial charge in [-0.3, -0.25) is 4.79 Å². The van der Waals surface area contributed by atoms with Gasteiger partial charge in [0.15, 0.2) is 5.16 Å². The van der Waals surface area contributed by atoms with Crippen LogP contribution in [0.2, 0.25) is 0 Å². The zero-order valence-electron chi connectivity index (χ0n) is 11.3. The SMILES string of the molecule is Cc1nc(SCC(=O)C2CCCC2)nc(C)c1C. The Hall–Kier alpha value is -0.900. The largest absolute Gasteiger partial charge is 0.298 e. The van der Waals surface area contributed by atoms with Gasteiger partial charge in [-0.05, 0) is 39.2 Å². The first-order chi connectivity index (χ1) is 8.58. The molecule has 1 fully saturated rings. The number of hydrogen-bond acceptors (Lipinski definition) is 4. The average molecular weight is 264 g/mol. The molecular formula is C14H20N2OS. The lowest BCUT2D eigenvalue weighted by Crippen LogP contribution is -2.13. The first kappa shape index (κ1) is 13.5. The topological polar surface area (TPSA) is 42.9 Å². The molecule has 1 aliphatic rings. The van der Waals surface area contributed by atoms with Gasteiger partial charge in [-0.1, -0.05) is 24.6 Å². The second kappa shape index (κ2) is 5.83. The number of ketones is 1. The molecular weight excluding hydrogens is 244 g/mol. The predicted octanol–water partition coefficient (Wildman–Crippen LogP) is 3.25. The van der Waals surface area contributed by atoms with Crippen LogP contribution in [0.15, 0.2) is 5.16 Å². The Morgan fingerprint density at radius 3 is 2.28 bits per heavy atom. The molecule has 4 heteroatoms. The summed E-state index contributed by atoms with van der Waals surface area (Å²) in [7, 11) is 0. The lowest BCUT2D eigenvalue weighted by molar-refractivity contribution is -0.120. The van der Waals surface area contributed by atoms with Crippen LogP contribution in [-0.4, -0.2) is 21.5 Å². The number of thioether (sulfide) groups is 1. The second-order valence-corrected chi connectivity index (χ2v) is 5.98. The van der Waals surface area contributed by atoms with Crippen molar-refractivity contribution >= 4 is 17.5 Å². The van der Waals surface area contributed by atoms with E-state index in [9.17, 15) is 4.79 Å². The van der Waals surface area contributed by atoms with Gasteiger partial charge in [0.2, 0.25) is 0 Å². The number of nitrogens with zero attached hydrogens (tertiary/aromatic N) is 2. The van der Waals surface area contributed by atoms with Crippen LogP contribution in [0.1, 0.15) is 42.6 Å². The maximum Gasteiger partial charge on any atom is 0.188 e. The summed E-state index contributed by atoms with van der Waals surface area (Å²) in [5, 5.41) is 0.738. The predicted molar refractivity (Wildman–Crippen MR) is 73.9 cm³/mol. The van der Waals surface area contributed by atoms with Gasteiger partial charge in [0.1, 0.15) is 5.78 Å². The van der Waals surface area contributed by atoms with E-state index >= 15 is 0 Å². The van der Waals surface area contributed by atoms with E-state index in [0.29, 0.717) is 17.5 Å². The molecule has 0 radical (unpaired) electrons. The van der Waals surface area contributed by atoms with Crippen molar-refractivity contribution in [2.75, 3.05) is 5.75 Å².